The number of hydrogen-bond donors (Lipinski definition) is 1. The van der Waals surface area contributed by atoms with Gasteiger partial charge in [-0.05, 0) is 0 Å². The summed E-state index contributed by atoms with van der Waals surface area (Å²) in [4.78, 5) is 22.0. The van der Waals surface area contributed by atoms with Crippen molar-refractivity contribution in [2.45, 2.75) is 31.7 Å². The fraction of sp³-hybridized carbons (Fsp3) is 0.476. The van der Waals surface area contributed by atoms with Crippen LogP contribution in [-0.4, -0.2) is 56.3 Å². The first-order chi connectivity index (χ1) is 15.9. The van der Waals surface area contributed by atoms with E-state index in [-0.39, 0.29) is 22.9 Å². The molecular formula is C21H23ClF4IN5O2. The van der Waals surface area contributed by atoms with Gasteiger partial charge in [-0.2, -0.15) is 0 Å². The predicted octanol–water partition coefficient (Wildman–Crippen LogP) is 4.70. The molecule has 2 saturated heterocycles. The number of benzene rings is 1. The van der Waals surface area contributed by atoms with E-state index >= 15 is 0 Å². The molecule has 1 atom stereocenters. The molecule has 2 aromatic rings. The zero-order chi connectivity index (χ0) is 24.7. The zero-order valence-electron chi connectivity index (χ0n) is 18.4. The van der Waals surface area contributed by atoms with E-state index in [1.807, 2.05) is 36.1 Å². The van der Waals surface area contributed by atoms with Crippen LogP contribution in [0.5, 0.6) is 5.75 Å². The van der Waals surface area contributed by atoms with Crippen LogP contribution in [0.3, 0.4) is 0 Å². The van der Waals surface area contributed by atoms with Crippen molar-refractivity contribution < 1.29 is 25.4 Å². The summed E-state index contributed by atoms with van der Waals surface area (Å²) in [5.74, 6) is -7.55. The molecule has 0 radical (unpaired) electrons. The van der Waals surface area contributed by atoms with Crippen molar-refractivity contribution >= 4 is 49.5 Å². The van der Waals surface area contributed by atoms with Gasteiger partial charge in [-0.3, -0.25) is 0 Å². The first-order valence-electron chi connectivity index (χ1n) is 10.4. The van der Waals surface area contributed by atoms with E-state index in [0.717, 1.165) is 20.6 Å². The first-order valence-corrected chi connectivity index (χ1v) is 14.7. The third-order valence-corrected chi connectivity index (χ3v) is 10.1. The summed E-state index contributed by atoms with van der Waals surface area (Å²) >= 11 is 4.33. The molecule has 1 aromatic carbocycles. The van der Waals surface area contributed by atoms with Crippen LogP contribution in [0, 0.1) is 0 Å². The number of rotatable bonds is 6. The molecule has 1 amide bonds. The summed E-state index contributed by atoms with van der Waals surface area (Å²) in [5, 5.41) is 3.04. The molecular weight excluding hydrogens is 593 g/mol. The SMILES string of the molecule is CC(=O)NC(C)c1ccc(OI2CCN(c3nc(N4CC(F)(F)C(F)(F)C4)ncc3Cl)C2)cc1. The second kappa shape index (κ2) is 9.51. The van der Waals surface area contributed by atoms with E-state index in [4.69, 9.17) is 14.7 Å². The molecule has 0 saturated carbocycles. The summed E-state index contributed by atoms with van der Waals surface area (Å²) in [7, 11) is 0. The van der Waals surface area contributed by atoms with Crippen LogP contribution in [0.2, 0.25) is 5.02 Å². The van der Waals surface area contributed by atoms with Crippen LogP contribution in [0.4, 0.5) is 29.3 Å². The number of hydrogen-bond acceptors (Lipinski definition) is 6. The number of carbonyl (C=O) groups is 1. The molecule has 0 spiro atoms. The molecule has 13 heteroatoms. The van der Waals surface area contributed by atoms with E-state index in [2.05, 4.69) is 15.3 Å². The molecule has 4 rings (SSSR count). The standard InChI is InChI=1S/C21H23ClF4IN5O2/c1-13(29-14(2)33)15-3-5-16(6-4-15)34-27-7-8-31(12-27)18-17(22)9-28-19(30-18)32-10-20(23,24)21(25,26)11-32/h3-6,9,13H,7-8,10-12H2,1-2H3,(H,29,33). The van der Waals surface area contributed by atoms with Gasteiger partial charge in [0.25, 0.3) is 0 Å². The van der Waals surface area contributed by atoms with Gasteiger partial charge in [0.1, 0.15) is 0 Å². The number of amides is 1. The third-order valence-electron chi connectivity index (χ3n) is 5.45. The van der Waals surface area contributed by atoms with E-state index in [1.54, 1.807) is 0 Å². The molecule has 34 heavy (non-hydrogen) atoms. The van der Waals surface area contributed by atoms with E-state index in [9.17, 15) is 22.4 Å². The van der Waals surface area contributed by atoms with Gasteiger partial charge in [0.2, 0.25) is 0 Å². The molecule has 2 fully saturated rings. The Morgan fingerprint density at radius 3 is 2.44 bits per heavy atom. The molecule has 1 aromatic heterocycles. The number of halogens is 6. The Balaban J connectivity index is 1.41. The Morgan fingerprint density at radius 1 is 1.18 bits per heavy atom. The van der Waals surface area contributed by atoms with Gasteiger partial charge in [0.05, 0.1) is 0 Å². The van der Waals surface area contributed by atoms with Crippen molar-refractivity contribution in [1.29, 1.82) is 0 Å². The summed E-state index contributed by atoms with van der Waals surface area (Å²) in [6.07, 6.45) is 1.25. The molecule has 2 aliphatic heterocycles. The fourth-order valence-corrected chi connectivity index (χ4v) is 8.28. The van der Waals surface area contributed by atoms with Crippen molar-refractivity contribution in [3.05, 3.63) is 41.0 Å². The summed E-state index contributed by atoms with van der Waals surface area (Å²) < 4.78 is 62.0. The Kier molecular flexibility index (Phi) is 7.00. The maximum absolute atomic E-state index is 13.6. The molecule has 1 N–H and O–H groups in total. The number of anilines is 2. The average molecular weight is 616 g/mol. The Hall–Kier alpha value is -2.09. The molecule has 3 heterocycles. The summed E-state index contributed by atoms with van der Waals surface area (Å²) in [6, 6.07) is 7.40. The normalized spacial score (nSPS) is 21.0. The summed E-state index contributed by atoms with van der Waals surface area (Å²) in [6.45, 7) is 1.66. The third kappa shape index (κ3) is 5.26. The molecule has 7 nitrogen and oxygen atoms in total. The quantitative estimate of drug-likeness (QED) is 0.220. The van der Waals surface area contributed by atoms with Crippen LogP contribution < -0.4 is 18.2 Å². The van der Waals surface area contributed by atoms with Crippen molar-refractivity contribution in [3.63, 3.8) is 0 Å². The molecule has 0 aliphatic carbocycles. The van der Waals surface area contributed by atoms with Gasteiger partial charge in [0.15, 0.2) is 0 Å². The number of nitrogens with zero attached hydrogens (tertiary/aromatic N) is 4. The monoisotopic (exact) mass is 615 g/mol. The molecule has 186 valence electrons. The topological polar surface area (TPSA) is 70.6 Å². The first kappa shape index (κ1) is 25.0. The van der Waals surface area contributed by atoms with E-state index in [1.165, 1.54) is 13.1 Å². The van der Waals surface area contributed by atoms with Crippen LogP contribution >= 0.6 is 31.8 Å². The van der Waals surface area contributed by atoms with Crippen LogP contribution in [-0.2, 0) is 4.79 Å². The van der Waals surface area contributed by atoms with Gasteiger partial charge >= 0.3 is 207 Å². The number of carbonyl (C=O) groups excluding carboxylic acids is 1. The number of aromatic nitrogens is 2. The van der Waals surface area contributed by atoms with Crippen LogP contribution in [0.15, 0.2) is 30.5 Å². The molecule has 0 bridgehead atoms. The summed E-state index contributed by atoms with van der Waals surface area (Å²) in [5.41, 5.74) is 0.956. The van der Waals surface area contributed by atoms with Gasteiger partial charge in [-0.1, -0.05) is 0 Å². The van der Waals surface area contributed by atoms with Crippen molar-refractivity contribution in [1.82, 2.24) is 15.3 Å². The van der Waals surface area contributed by atoms with Crippen molar-refractivity contribution in [2.75, 3.05) is 38.4 Å². The van der Waals surface area contributed by atoms with Crippen molar-refractivity contribution in [3.8, 4) is 5.75 Å². The van der Waals surface area contributed by atoms with Crippen molar-refractivity contribution in [2.24, 2.45) is 0 Å². The molecule has 2 aliphatic rings. The van der Waals surface area contributed by atoms with Crippen LogP contribution in [0.1, 0.15) is 25.5 Å². The molecule has 1 unspecified atom stereocenters. The van der Waals surface area contributed by atoms with Gasteiger partial charge < -0.3 is 0 Å². The van der Waals surface area contributed by atoms with Crippen LogP contribution in [0.25, 0.3) is 0 Å². The second-order valence-electron chi connectivity index (χ2n) is 8.15. The second-order valence-corrected chi connectivity index (χ2v) is 13.1. The van der Waals surface area contributed by atoms with E-state index < -0.39 is 45.2 Å². The number of nitrogens with one attached hydrogen (secondary N) is 1. The zero-order valence-corrected chi connectivity index (χ0v) is 21.3. The van der Waals surface area contributed by atoms with Gasteiger partial charge in [-0.15, -0.1) is 0 Å². The van der Waals surface area contributed by atoms with Gasteiger partial charge in [-0.25, -0.2) is 0 Å². The predicted molar refractivity (Wildman–Crippen MR) is 130 cm³/mol. The Labute approximate surface area is 206 Å². The maximum atomic E-state index is 13.6. The average Bonchev–Trinajstić information content (AvgIpc) is 3.29. The van der Waals surface area contributed by atoms with E-state index in [0.29, 0.717) is 16.9 Å². The Morgan fingerprint density at radius 2 is 1.82 bits per heavy atom. The minimum atomic E-state index is -4.15. The van der Waals surface area contributed by atoms with Gasteiger partial charge in [0, 0.05) is 0 Å². The fourth-order valence-electron chi connectivity index (χ4n) is 3.66. The minimum absolute atomic E-state index is 0.106. The Bertz CT molecular complexity index is 1050. The number of alkyl halides is 6.